The number of rotatable bonds is 4. The van der Waals surface area contributed by atoms with E-state index in [4.69, 9.17) is 14.0 Å². The molecule has 0 aliphatic carbocycles. The monoisotopic (exact) mass is 296 g/mol. The second-order valence-corrected chi connectivity index (χ2v) is 5.90. The molecule has 0 saturated carbocycles. The maximum Gasteiger partial charge on any atom is 0.498 e. The lowest BCUT2D eigenvalue weighted by Crippen LogP contribution is -2.41. The van der Waals surface area contributed by atoms with Crippen molar-refractivity contribution in [3.8, 4) is 0 Å². The van der Waals surface area contributed by atoms with Gasteiger partial charge in [0.05, 0.1) is 11.2 Å². The van der Waals surface area contributed by atoms with Gasteiger partial charge in [-0.05, 0) is 41.5 Å². The van der Waals surface area contributed by atoms with E-state index in [2.05, 4.69) is 5.10 Å². The van der Waals surface area contributed by atoms with Gasteiger partial charge in [0.15, 0.2) is 0 Å². The third-order valence-electron chi connectivity index (χ3n) is 3.93. The highest BCUT2D eigenvalue weighted by Crippen LogP contribution is 2.36. The van der Waals surface area contributed by atoms with Gasteiger partial charge in [-0.1, -0.05) is 13.8 Å². The minimum Gasteiger partial charge on any atom is -0.399 e. The van der Waals surface area contributed by atoms with Crippen LogP contribution in [0, 0.1) is 0 Å². The van der Waals surface area contributed by atoms with E-state index in [0.29, 0.717) is 6.61 Å². The molecule has 2 rings (SSSR count). The topological polar surface area (TPSA) is 45.5 Å². The molecule has 1 aliphatic rings. The molecular weight excluding hydrogens is 267 g/mol. The second kappa shape index (κ2) is 6.94. The molecule has 0 amide bonds. The molecule has 0 bridgehead atoms. The van der Waals surface area contributed by atoms with E-state index >= 15 is 0 Å². The van der Waals surface area contributed by atoms with Gasteiger partial charge >= 0.3 is 7.12 Å². The van der Waals surface area contributed by atoms with E-state index in [1.54, 1.807) is 10.9 Å². The Kier molecular flexibility index (Phi) is 6.02. The lowest BCUT2D eigenvalue weighted by atomic mass is 9.82. The maximum atomic E-state index is 5.99. The molecule has 0 radical (unpaired) electrons. The fourth-order valence-electron chi connectivity index (χ4n) is 1.97. The number of hydrogen-bond acceptors (Lipinski definition) is 4. The van der Waals surface area contributed by atoms with Gasteiger partial charge in [-0.25, -0.2) is 4.68 Å². The van der Waals surface area contributed by atoms with Gasteiger partial charge in [0.2, 0.25) is 0 Å². The summed E-state index contributed by atoms with van der Waals surface area (Å²) in [4.78, 5) is 0. The summed E-state index contributed by atoms with van der Waals surface area (Å²) >= 11 is 0. The summed E-state index contributed by atoms with van der Waals surface area (Å²) in [6.45, 7) is 16.8. The van der Waals surface area contributed by atoms with Gasteiger partial charge < -0.3 is 14.0 Å². The van der Waals surface area contributed by atoms with Gasteiger partial charge in [0, 0.05) is 24.5 Å². The summed E-state index contributed by atoms with van der Waals surface area (Å²) in [5.74, 6) is 0. The lowest BCUT2D eigenvalue weighted by molar-refractivity contribution is 0.00578. The third kappa shape index (κ3) is 3.87. The fraction of sp³-hybridized carbons (Fsp3) is 0.800. The summed E-state index contributed by atoms with van der Waals surface area (Å²) in [5, 5.41) is 4.31. The predicted molar refractivity (Wildman–Crippen MR) is 85.6 cm³/mol. The molecule has 2 heterocycles. The van der Waals surface area contributed by atoms with Crippen LogP contribution in [-0.2, 0) is 14.0 Å². The van der Waals surface area contributed by atoms with Crippen LogP contribution in [0.5, 0.6) is 0 Å². The third-order valence-corrected chi connectivity index (χ3v) is 3.93. The average Bonchev–Trinajstić information content (AvgIpc) is 2.96. The van der Waals surface area contributed by atoms with Gasteiger partial charge in [-0.2, -0.15) is 5.10 Å². The van der Waals surface area contributed by atoms with Crippen LogP contribution in [0.25, 0.3) is 0 Å². The van der Waals surface area contributed by atoms with E-state index in [1.165, 1.54) is 0 Å². The lowest BCUT2D eigenvalue weighted by Gasteiger charge is -2.32. The summed E-state index contributed by atoms with van der Waals surface area (Å²) in [6.07, 6.45) is 3.61. The molecule has 5 nitrogen and oxygen atoms in total. The second-order valence-electron chi connectivity index (χ2n) is 5.90. The first kappa shape index (κ1) is 18.2. The zero-order valence-electron chi connectivity index (χ0n) is 14.6. The average molecular weight is 296 g/mol. The first-order chi connectivity index (χ1) is 9.77. The van der Waals surface area contributed by atoms with Crippen LogP contribution in [0.3, 0.4) is 0 Å². The van der Waals surface area contributed by atoms with E-state index in [-0.39, 0.29) is 24.5 Å². The molecule has 1 unspecified atom stereocenters. The largest absolute Gasteiger partial charge is 0.498 e. The Morgan fingerprint density at radius 2 is 1.76 bits per heavy atom. The van der Waals surface area contributed by atoms with E-state index in [9.17, 15) is 0 Å². The van der Waals surface area contributed by atoms with E-state index in [1.807, 2.05) is 61.6 Å². The molecule has 0 aromatic carbocycles. The molecule has 0 spiro atoms. The van der Waals surface area contributed by atoms with Crippen molar-refractivity contribution in [2.75, 3.05) is 6.61 Å². The zero-order chi connectivity index (χ0) is 16.3. The van der Waals surface area contributed by atoms with Crippen LogP contribution < -0.4 is 5.46 Å². The Morgan fingerprint density at radius 1 is 1.24 bits per heavy atom. The molecule has 1 aliphatic heterocycles. The Bertz CT molecular complexity index is 430. The molecule has 1 aromatic heterocycles. The Balaban J connectivity index is 0.00000106. The molecule has 1 aromatic rings. The molecule has 1 atom stereocenters. The number of ether oxygens (including phenoxy) is 1. The molecule has 1 saturated heterocycles. The Hall–Kier alpha value is -0.845. The highest BCUT2D eigenvalue weighted by atomic mass is 16.7. The highest BCUT2D eigenvalue weighted by Gasteiger charge is 2.52. The highest BCUT2D eigenvalue weighted by molar-refractivity contribution is 6.61. The van der Waals surface area contributed by atoms with Crippen LogP contribution in [0.15, 0.2) is 12.4 Å². The first-order valence-corrected chi connectivity index (χ1v) is 7.78. The summed E-state index contributed by atoms with van der Waals surface area (Å²) < 4.78 is 19.3. The van der Waals surface area contributed by atoms with Crippen molar-refractivity contribution in [3.05, 3.63) is 12.4 Å². The van der Waals surface area contributed by atoms with Crippen molar-refractivity contribution in [2.45, 2.75) is 72.8 Å². The number of nitrogens with zero attached hydrogens (tertiary/aromatic N) is 2. The van der Waals surface area contributed by atoms with Crippen molar-refractivity contribution in [2.24, 2.45) is 0 Å². The van der Waals surface area contributed by atoms with Crippen LogP contribution in [0.1, 0.15) is 61.6 Å². The molecular formula is C15H29BN2O3. The van der Waals surface area contributed by atoms with Crippen LogP contribution >= 0.6 is 0 Å². The number of aromatic nitrogens is 2. The van der Waals surface area contributed by atoms with E-state index < -0.39 is 0 Å². The van der Waals surface area contributed by atoms with Gasteiger partial charge in [-0.15, -0.1) is 0 Å². The first-order valence-electron chi connectivity index (χ1n) is 7.78. The standard InChI is InChI=1S/C13H23BN2O3.C2H6/c1-7-17-10(2)16-9-11(8-15-16)14-18-12(3,4)13(5,6)19-14;1-2/h8-10H,7H2,1-6H3;1-2H3. The smallest absolute Gasteiger partial charge is 0.399 e. The maximum absolute atomic E-state index is 5.99. The van der Waals surface area contributed by atoms with Gasteiger partial charge in [0.1, 0.15) is 6.23 Å². The van der Waals surface area contributed by atoms with Crippen LogP contribution in [0.4, 0.5) is 0 Å². The van der Waals surface area contributed by atoms with E-state index in [0.717, 1.165) is 5.46 Å². The van der Waals surface area contributed by atoms with Crippen molar-refractivity contribution in [1.29, 1.82) is 0 Å². The minimum absolute atomic E-state index is 0.0822. The normalized spacial score (nSPS) is 20.9. The fourth-order valence-corrected chi connectivity index (χ4v) is 1.97. The quantitative estimate of drug-likeness (QED) is 0.802. The number of hydrogen-bond donors (Lipinski definition) is 0. The van der Waals surface area contributed by atoms with Crippen LogP contribution in [-0.4, -0.2) is 34.7 Å². The summed E-state index contributed by atoms with van der Waals surface area (Å²) in [5.41, 5.74) is 0.265. The van der Waals surface area contributed by atoms with Crippen molar-refractivity contribution in [1.82, 2.24) is 9.78 Å². The van der Waals surface area contributed by atoms with Crippen LogP contribution in [0.2, 0.25) is 0 Å². The molecule has 1 fully saturated rings. The minimum atomic E-state index is -0.368. The SMILES string of the molecule is CC.CCOC(C)n1cc(B2OC(C)(C)C(C)(C)O2)cn1. The molecule has 120 valence electrons. The predicted octanol–water partition coefficient (Wildman–Crippen LogP) is 2.76. The summed E-state index contributed by atoms with van der Waals surface area (Å²) in [7, 11) is -0.368. The zero-order valence-corrected chi connectivity index (χ0v) is 14.6. The molecule has 21 heavy (non-hydrogen) atoms. The molecule has 6 heteroatoms. The van der Waals surface area contributed by atoms with Crippen molar-refractivity contribution < 1.29 is 14.0 Å². The molecule has 0 N–H and O–H groups in total. The van der Waals surface area contributed by atoms with Crippen molar-refractivity contribution in [3.63, 3.8) is 0 Å². The Morgan fingerprint density at radius 3 is 2.24 bits per heavy atom. The van der Waals surface area contributed by atoms with Gasteiger partial charge in [0.25, 0.3) is 0 Å². The van der Waals surface area contributed by atoms with Gasteiger partial charge in [-0.3, -0.25) is 0 Å². The summed E-state index contributed by atoms with van der Waals surface area (Å²) in [6, 6.07) is 0. The van der Waals surface area contributed by atoms with Crippen molar-refractivity contribution >= 4 is 12.6 Å². The Labute approximate surface area is 129 Å².